The molecule has 5 nitrogen and oxygen atoms in total. The number of aromatic amines is 1. The normalized spacial score (nSPS) is 10.8. The fourth-order valence-corrected chi connectivity index (χ4v) is 2.63. The molecule has 0 unspecified atom stereocenters. The Labute approximate surface area is 115 Å². The van der Waals surface area contributed by atoms with Gasteiger partial charge in [0.05, 0.1) is 20.4 Å². The van der Waals surface area contributed by atoms with Crippen molar-refractivity contribution in [3.05, 3.63) is 50.1 Å². The van der Waals surface area contributed by atoms with Crippen molar-refractivity contribution < 1.29 is 9.21 Å². The molecule has 0 bridgehead atoms. The summed E-state index contributed by atoms with van der Waals surface area (Å²) in [6, 6.07) is 8.35. The molecule has 2 aromatic heterocycles. The molecular formula is C12H7ClN2O3S. The fraction of sp³-hybridized carbons (Fsp3) is 0. The van der Waals surface area contributed by atoms with Crippen LogP contribution in [0, 0.1) is 0 Å². The fourth-order valence-electron chi connectivity index (χ4n) is 1.69. The van der Waals surface area contributed by atoms with Gasteiger partial charge in [0.15, 0.2) is 5.58 Å². The monoisotopic (exact) mass is 294 g/mol. The van der Waals surface area contributed by atoms with Crippen molar-refractivity contribution in [3.63, 3.8) is 0 Å². The van der Waals surface area contributed by atoms with Crippen LogP contribution in [0.4, 0.5) is 5.69 Å². The number of anilines is 1. The number of fused-ring (bicyclic) bond motifs is 1. The first kappa shape index (κ1) is 12.0. The quantitative estimate of drug-likeness (QED) is 0.762. The van der Waals surface area contributed by atoms with Crippen LogP contribution in [-0.2, 0) is 0 Å². The zero-order valence-corrected chi connectivity index (χ0v) is 11.0. The number of amides is 1. The van der Waals surface area contributed by atoms with E-state index in [1.54, 1.807) is 30.3 Å². The molecule has 0 radical (unpaired) electrons. The average Bonchev–Trinajstić information content (AvgIpc) is 2.95. The van der Waals surface area contributed by atoms with Crippen LogP contribution in [-0.4, -0.2) is 10.9 Å². The van der Waals surface area contributed by atoms with Crippen LogP contribution in [0.15, 0.2) is 39.5 Å². The number of carbonyl (C=O) groups is 1. The third kappa shape index (κ3) is 2.27. The summed E-state index contributed by atoms with van der Waals surface area (Å²) < 4.78 is 5.53. The number of hydrogen-bond acceptors (Lipinski definition) is 4. The Morgan fingerprint density at radius 3 is 2.89 bits per heavy atom. The number of benzene rings is 1. The maximum atomic E-state index is 12.0. The van der Waals surface area contributed by atoms with Gasteiger partial charge in [-0.15, -0.1) is 11.3 Å². The van der Waals surface area contributed by atoms with E-state index in [-0.39, 0.29) is 5.91 Å². The molecule has 0 aliphatic carbocycles. The molecule has 1 aromatic carbocycles. The molecule has 2 heterocycles. The first-order valence-corrected chi connectivity index (χ1v) is 6.51. The number of rotatable bonds is 2. The second kappa shape index (κ2) is 4.56. The van der Waals surface area contributed by atoms with Crippen molar-refractivity contribution in [1.29, 1.82) is 0 Å². The third-order valence-corrected chi connectivity index (χ3v) is 3.72. The predicted octanol–water partition coefficient (Wildman–Crippen LogP) is 3.09. The SMILES string of the molecule is O=C(Nc1cccc2[nH]c(=O)oc12)c1ccc(Cl)s1. The van der Waals surface area contributed by atoms with Crippen molar-refractivity contribution in [2.45, 2.75) is 0 Å². The van der Waals surface area contributed by atoms with Gasteiger partial charge >= 0.3 is 5.76 Å². The van der Waals surface area contributed by atoms with Crippen LogP contribution in [0.3, 0.4) is 0 Å². The summed E-state index contributed by atoms with van der Waals surface area (Å²) in [5, 5.41) is 2.69. The van der Waals surface area contributed by atoms with Gasteiger partial charge in [-0.1, -0.05) is 17.7 Å². The highest BCUT2D eigenvalue weighted by Crippen LogP contribution is 2.25. The zero-order chi connectivity index (χ0) is 13.4. The molecule has 0 fully saturated rings. The molecule has 0 aliphatic rings. The Balaban J connectivity index is 1.97. The van der Waals surface area contributed by atoms with E-state index in [2.05, 4.69) is 10.3 Å². The molecule has 3 aromatic rings. The summed E-state index contributed by atoms with van der Waals surface area (Å²) in [7, 11) is 0. The first-order chi connectivity index (χ1) is 9.13. The van der Waals surface area contributed by atoms with Gasteiger partial charge in [0, 0.05) is 0 Å². The van der Waals surface area contributed by atoms with E-state index in [1.807, 2.05) is 0 Å². The van der Waals surface area contributed by atoms with Crippen molar-refractivity contribution in [3.8, 4) is 0 Å². The molecule has 19 heavy (non-hydrogen) atoms. The summed E-state index contributed by atoms with van der Waals surface area (Å²) >= 11 is 6.96. The smallest absolute Gasteiger partial charge is 0.406 e. The molecule has 7 heteroatoms. The maximum absolute atomic E-state index is 12.0. The second-order valence-electron chi connectivity index (χ2n) is 3.75. The lowest BCUT2D eigenvalue weighted by atomic mass is 10.2. The molecule has 2 N–H and O–H groups in total. The highest BCUT2D eigenvalue weighted by Gasteiger charge is 2.12. The number of oxazole rings is 1. The van der Waals surface area contributed by atoms with Gasteiger partial charge in [-0.3, -0.25) is 9.78 Å². The number of H-pyrrole nitrogens is 1. The molecule has 0 saturated heterocycles. The van der Waals surface area contributed by atoms with Gasteiger partial charge in [0.1, 0.15) is 0 Å². The number of hydrogen-bond donors (Lipinski definition) is 2. The maximum Gasteiger partial charge on any atom is 0.417 e. The lowest BCUT2D eigenvalue weighted by Gasteiger charge is -2.03. The summed E-state index contributed by atoms with van der Waals surface area (Å²) in [4.78, 5) is 26.1. The van der Waals surface area contributed by atoms with Gasteiger partial charge in [-0.05, 0) is 24.3 Å². The minimum absolute atomic E-state index is 0.298. The number of halogens is 1. The lowest BCUT2D eigenvalue weighted by Crippen LogP contribution is -2.10. The molecule has 0 atom stereocenters. The van der Waals surface area contributed by atoms with Crippen LogP contribution in [0.5, 0.6) is 0 Å². The number of nitrogens with one attached hydrogen (secondary N) is 2. The number of para-hydroxylation sites is 1. The Kier molecular flexibility index (Phi) is 2.88. The van der Waals surface area contributed by atoms with Gasteiger partial charge in [0.25, 0.3) is 5.91 Å². The molecule has 0 saturated carbocycles. The standard InChI is InChI=1S/C12H7ClN2O3S/c13-9-5-4-8(19-9)11(16)14-6-2-1-3-7-10(6)18-12(17)15-7/h1-5H,(H,14,16)(H,15,17). The van der Waals surface area contributed by atoms with E-state index >= 15 is 0 Å². The van der Waals surface area contributed by atoms with Crippen LogP contribution in [0.1, 0.15) is 9.67 Å². The largest absolute Gasteiger partial charge is 0.417 e. The topological polar surface area (TPSA) is 75.1 Å². The van der Waals surface area contributed by atoms with Crippen molar-refractivity contribution in [2.24, 2.45) is 0 Å². The van der Waals surface area contributed by atoms with Crippen molar-refractivity contribution in [2.75, 3.05) is 5.32 Å². The zero-order valence-electron chi connectivity index (χ0n) is 9.40. The van der Waals surface area contributed by atoms with Crippen LogP contribution in [0.25, 0.3) is 11.1 Å². The molecule has 3 rings (SSSR count). The van der Waals surface area contributed by atoms with E-state index in [0.29, 0.717) is 26.0 Å². The lowest BCUT2D eigenvalue weighted by molar-refractivity contribution is 0.103. The third-order valence-electron chi connectivity index (χ3n) is 2.49. The van der Waals surface area contributed by atoms with Gasteiger partial charge in [-0.25, -0.2) is 4.79 Å². The average molecular weight is 295 g/mol. The second-order valence-corrected chi connectivity index (χ2v) is 5.47. The van der Waals surface area contributed by atoms with E-state index < -0.39 is 5.76 Å². The summed E-state index contributed by atoms with van der Waals surface area (Å²) in [5.74, 6) is -0.857. The van der Waals surface area contributed by atoms with E-state index in [4.69, 9.17) is 16.0 Å². The number of thiophene rings is 1. The van der Waals surface area contributed by atoms with E-state index in [9.17, 15) is 9.59 Å². The molecule has 0 aliphatic heterocycles. The summed E-state index contributed by atoms with van der Waals surface area (Å²) in [6.07, 6.45) is 0. The van der Waals surface area contributed by atoms with E-state index in [1.165, 1.54) is 11.3 Å². The molecular weight excluding hydrogens is 288 g/mol. The Hall–Kier alpha value is -2.05. The summed E-state index contributed by atoms with van der Waals surface area (Å²) in [5.41, 5.74) is 1.29. The van der Waals surface area contributed by atoms with E-state index in [0.717, 1.165) is 0 Å². The molecule has 1 amide bonds. The molecule has 0 spiro atoms. The Morgan fingerprint density at radius 2 is 2.16 bits per heavy atom. The predicted molar refractivity (Wildman–Crippen MR) is 74.1 cm³/mol. The van der Waals surface area contributed by atoms with Gasteiger partial charge in [-0.2, -0.15) is 0 Å². The Morgan fingerprint density at radius 1 is 1.32 bits per heavy atom. The minimum Gasteiger partial charge on any atom is -0.406 e. The first-order valence-electron chi connectivity index (χ1n) is 5.32. The Bertz CT molecular complexity index is 818. The minimum atomic E-state index is -0.559. The van der Waals surface area contributed by atoms with Gasteiger partial charge in [0.2, 0.25) is 0 Å². The van der Waals surface area contributed by atoms with Crippen molar-refractivity contribution in [1.82, 2.24) is 4.98 Å². The van der Waals surface area contributed by atoms with Gasteiger partial charge < -0.3 is 9.73 Å². The number of carbonyl (C=O) groups excluding carboxylic acids is 1. The highest BCUT2D eigenvalue weighted by molar-refractivity contribution is 7.18. The van der Waals surface area contributed by atoms with Crippen molar-refractivity contribution >= 4 is 45.6 Å². The molecule has 96 valence electrons. The summed E-state index contributed by atoms with van der Waals surface area (Å²) in [6.45, 7) is 0. The van der Waals surface area contributed by atoms with Crippen LogP contribution in [0.2, 0.25) is 4.34 Å². The highest BCUT2D eigenvalue weighted by atomic mass is 35.5. The van der Waals surface area contributed by atoms with Crippen LogP contribution >= 0.6 is 22.9 Å². The van der Waals surface area contributed by atoms with Crippen LogP contribution < -0.4 is 11.1 Å². The number of aromatic nitrogens is 1.